The summed E-state index contributed by atoms with van der Waals surface area (Å²) in [6.07, 6.45) is 0.825. The maximum atomic E-state index is 5.20. The number of nitrogens with zero attached hydrogens (tertiary/aromatic N) is 3. The van der Waals surface area contributed by atoms with Gasteiger partial charge < -0.3 is 4.57 Å². The van der Waals surface area contributed by atoms with Gasteiger partial charge in [-0.1, -0.05) is 121 Å². The first-order chi connectivity index (χ1) is 21.8. The second-order valence-corrected chi connectivity index (χ2v) is 11.4. The lowest BCUT2D eigenvalue weighted by Crippen LogP contribution is -1.99. The van der Waals surface area contributed by atoms with Gasteiger partial charge in [-0.05, 0) is 47.0 Å². The van der Waals surface area contributed by atoms with Crippen molar-refractivity contribution in [3.8, 4) is 50.7 Å². The van der Waals surface area contributed by atoms with Gasteiger partial charge in [0.2, 0.25) is 0 Å². The number of fused-ring (bicyclic) bond motifs is 6. The van der Waals surface area contributed by atoms with E-state index in [9.17, 15) is 0 Å². The second kappa shape index (κ2) is 9.89. The molecule has 0 spiro atoms. The first kappa shape index (κ1) is 24.8. The molecular weight excluding hydrogens is 534 g/mol. The maximum Gasteiger partial charge on any atom is 0.160 e. The van der Waals surface area contributed by atoms with E-state index in [1.165, 1.54) is 49.6 Å². The molecule has 0 aliphatic heterocycles. The Kier molecular flexibility index (Phi) is 5.57. The van der Waals surface area contributed by atoms with Gasteiger partial charge in [0.1, 0.15) is 0 Å². The summed E-state index contributed by atoms with van der Waals surface area (Å²) in [7, 11) is 0. The smallest absolute Gasteiger partial charge is 0.160 e. The fourth-order valence-corrected chi connectivity index (χ4v) is 6.77. The molecule has 0 saturated heterocycles. The van der Waals surface area contributed by atoms with E-state index < -0.39 is 0 Å². The maximum absolute atomic E-state index is 5.20. The van der Waals surface area contributed by atoms with Gasteiger partial charge in [-0.25, -0.2) is 9.97 Å². The van der Waals surface area contributed by atoms with Crippen molar-refractivity contribution < 1.29 is 0 Å². The van der Waals surface area contributed by atoms with Crippen LogP contribution in [0.5, 0.6) is 0 Å². The van der Waals surface area contributed by atoms with E-state index in [4.69, 9.17) is 9.97 Å². The minimum atomic E-state index is 0.759. The molecule has 0 amide bonds. The lowest BCUT2D eigenvalue weighted by molar-refractivity contribution is 1.13. The quantitative estimate of drug-likeness (QED) is 0.214. The van der Waals surface area contributed by atoms with E-state index in [2.05, 4.69) is 138 Å². The van der Waals surface area contributed by atoms with Crippen molar-refractivity contribution in [1.29, 1.82) is 0 Å². The molecule has 0 radical (unpaired) electrons. The summed E-state index contributed by atoms with van der Waals surface area (Å²) >= 11 is 0. The highest BCUT2D eigenvalue weighted by Crippen LogP contribution is 2.43. The topological polar surface area (TPSA) is 30.7 Å². The summed E-state index contributed by atoms with van der Waals surface area (Å²) in [5.74, 6) is 0.759. The van der Waals surface area contributed by atoms with Crippen LogP contribution in [0, 0.1) is 0 Å². The van der Waals surface area contributed by atoms with Gasteiger partial charge in [-0.15, -0.1) is 0 Å². The van der Waals surface area contributed by atoms with Crippen LogP contribution in [-0.2, 0) is 6.42 Å². The van der Waals surface area contributed by atoms with Crippen molar-refractivity contribution in [3.63, 3.8) is 0 Å². The fraction of sp³-hybridized carbons (Fsp3) is 0.0244. The van der Waals surface area contributed by atoms with E-state index in [-0.39, 0.29) is 0 Å². The van der Waals surface area contributed by atoms with E-state index in [0.717, 1.165) is 40.4 Å². The summed E-state index contributed by atoms with van der Waals surface area (Å²) in [5.41, 5.74) is 13.8. The number of rotatable bonds is 4. The summed E-state index contributed by atoms with van der Waals surface area (Å²) in [6.45, 7) is 0. The number of benzene rings is 6. The Hall–Kier alpha value is -5.80. The molecule has 1 aliphatic rings. The van der Waals surface area contributed by atoms with Crippen molar-refractivity contribution in [3.05, 3.63) is 163 Å². The van der Waals surface area contributed by atoms with Crippen LogP contribution in [0.3, 0.4) is 0 Å². The van der Waals surface area contributed by atoms with E-state index >= 15 is 0 Å². The molecule has 0 bridgehead atoms. The Balaban J connectivity index is 1.20. The Morgan fingerprint density at radius 2 is 1.05 bits per heavy atom. The average molecular weight is 562 g/mol. The number of para-hydroxylation sites is 2. The minimum absolute atomic E-state index is 0.759. The van der Waals surface area contributed by atoms with Gasteiger partial charge >= 0.3 is 0 Å². The van der Waals surface area contributed by atoms with Crippen LogP contribution in [0.4, 0.5) is 0 Å². The largest absolute Gasteiger partial charge is 0.309 e. The van der Waals surface area contributed by atoms with Crippen LogP contribution in [0.15, 0.2) is 152 Å². The molecule has 9 rings (SSSR count). The molecule has 44 heavy (non-hydrogen) atoms. The SMILES string of the molecule is c1ccc(-c2nc(-c3ccccc3)c3c(n2)-c2cc(-c4cccc(-n5c6ccccc6c6ccccc65)c4)ccc2C3)cc1. The molecule has 2 aromatic heterocycles. The van der Waals surface area contributed by atoms with Gasteiger partial charge in [-0.3, -0.25) is 0 Å². The van der Waals surface area contributed by atoms with Gasteiger partial charge in [-0.2, -0.15) is 0 Å². The monoisotopic (exact) mass is 561 g/mol. The first-order valence-corrected chi connectivity index (χ1v) is 15.1. The van der Waals surface area contributed by atoms with Crippen molar-refractivity contribution in [2.24, 2.45) is 0 Å². The standard InChI is InChI=1S/C41H27N3/c1-3-12-27(13-4-1)39-36-26-31-23-22-30(25-35(31)40(36)43-41(42-39)28-14-5-2-6-15-28)29-16-11-17-32(24-29)44-37-20-9-7-18-33(37)34-19-8-10-21-38(34)44/h1-25H,26H2. The second-order valence-electron chi connectivity index (χ2n) is 11.4. The van der Waals surface area contributed by atoms with Crippen LogP contribution in [0.1, 0.15) is 11.1 Å². The summed E-state index contributed by atoms with van der Waals surface area (Å²) in [5, 5.41) is 2.54. The van der Waals surface area contributed by atoms with Crippen molar-refractivity contribution in [2.75, 3.05) is 0 Å². The molecule has 3 nitrogen and oxygen atoms in total. The lowest BCUT2D eigenvalue weighted by Gasteiger charge is -2.12. The van der Waals surface area contributed by atoms with Crippen LogP contribution in [0.2, 0.25) is 0 Å². The zero-order valence-corrected chi connectivity index (χ0v) is 24.0. The Bertz CT molecular complexity index is 2300. The van der Waals surface area contributed by atoms with E-state index in [0.29, 0.717) is 0 Å². The molecule has 0 atom stereocenters. The molecule has 0 saturated carbocycles. The highest BCUT2D eigenvalue weighted by molar-refractivity contribution is 6.09. The predicted octanol–water partition coefficient (Wildman–Crippen LogP) is 10.1. The van der Waals surface area contributed by atoms with Gasteiger partial charge in [0.05, 0.1) is 22.4 Å². The first-order valence-electron chi connectivity index (χ1n) is 15.1. The normalized spacial score (nSPS) is 12.0. The minimum Gasteiger partial charge on any atom is -0.309 e. The number of aromatic nitrogens is 3. The van der Waals surface area contributed by atoms with Crippen LogP contribution >= 0.6 is 0 Å². The third-order valence-electron chi connectivity index (χ3n) is 8.84. The molecule has 1 aliphatic carbocycles. The third kappa shape index (κ3) is 3.90. The highest BCUT2D eigenvalue weighted by Gasteiger charge is 2.26. The molecule has 0 fully saturated rings. The van der Waals surface area contributed by atoms with Crippen molar-refractivity contribution in [1.82, 2.24) is 14.5 Å². The van der Waals surface area contributed by atoms with Gasteiger partial charge in [0, 0.05) is 45.1 Å². The van der Waals surface area contributed by atoms with Crippen molar-refractivity contribution in [2.45, 2.75) is 6.42 Å². The van der Waals surface area contributed by atoms with Gasteiger partial charge in [0.15, 0.2) is 5.82 Å². The van der Waals surface area contributed by atoms with Gasteiger partial charge in [0.25, 0.3) is 0 Å². The molecule has 8 aromatic rings. The van der Waals surface area contributed by atoms with E-state index in [1.807, 2.05) is 18.2 Å². The van der Waals surface area contributed by atoms with Crippen LogP contribution < -0.4 is 0 Å². The van der Waals surface area contributed by atoms with E-state index in [1.54, 1.807) is 0 Å². The average Bonchev–Trinajstić information content (AvgIpc) is 3.64. The molecule has 3 heteroatoms. The predicted molar refractivity (Wildman–Crippen MR) is 181 cm³/mol. The molecule has 2 heterocycles. The highest BCUT2D eigenvalue weighted by atomic mass is 15.0. The Morgan fingerprint density at radius 1 is 0.455 bits per heavy atom. The molecule has 0 unspecified atom stereocenters. The summed E-state index contributed by atoms with van der Waals surface area (Å²) in [4.78, 5) is 10.3. The molecule has 6 aromatic carbocycles. The zero-order chi connectivity index (χ0) is 29.0. The van der Waals surface area contributed by atoms with Crippen LogP contribution in [0.25, 0.3) is 72.5 Å². The third-order valence-corrected chi connectivity index (χ3v) is 8.84. The van der Waals surface area contributed by atoms with Crippen LogP contribution in [-0.4, -0.2) is 14.5 Å². The summed E-state index contributed by atoms with van der Waals surface area (Å²) in [6, 6.07) is 53.9. The molecular formula is C41H27N3. The fourth-order valence-electron chi connectivity index (χ4n) is 6.77. The zero-order valence-electron chi connectivity index (χ0n) is 24.0. The molecule has 206 valence electrons. The lowest BCUT2D eigenvalue weighted by atomic mass is 9.99. The van der Waals surface area contributed by atoms with Crippen molar-refractivity contribution >= 4 is 21.8 Å². The number of hydrogen-bond donors (Lipinski definition) is 0. The summed E-state index contributed by atoms with van der Waals surface area (Å²) < 4.78 is 2.38. The molecule has 0 N–H and O–H groups in total. The number of hydrogen-bond acceptors (Lipinski definition) is 2. The Morgan fingerprint density at radius 3 is 1.77 bits per heavy atom. The Labute approximate surface area is 255 Å².